The number of hydrogen-bond donors (Lipinski definition) is 2. The average molecular weight is 227 g/mol. The number of carbonyl (C=O) groups is 1. The number of aliphatic hydroxyl groups excluding tert-OH is 2. The first-order valence-electron chi connectivity index (χ1n) is 5.35. The number of nitrogens with zero attached hydrogens (tertiary/aromatic N) is 1. The Balaban J connectivity index is 2.89. The molecule has 0 saturated heterocycles. The van der Waals surface area contributed by atoms with Crippen LogP contribution in [-0.2, 0) is 9.53 Å². The van der Waals surface area contributed by atoms with Crippen LogP contribution in [0.5, 0.6) is 0 Å². The quantitative estimate of drug-likeness (QED) is 0.426. The molecule has 0 amide bonds. The van der Waals surface area contributed by atoms with E-state index in [0.29, 0.717) is 18.6 Å². The van der Waals surface area contributed by atoms with Crippen LogP contribution in [0.3, 0.4) is 0 Å². The first-order valence-corrected chi connectivity index (χ1v) is 5.35. The molecule has 0 bridgehead atoms. The normalized spacial score (nSPS) is 21.4. The summed E-state index contributed by atoms with van der Waals surface area (Å²) < 4.78 is 4.85. The maximum atomic E-state index is 11.6. The van der Waals surface area contributed by atoms with Crippen LogP contribution in [0.2, 0.25) is 0 Å². The maximum Gasteiger partial charge on any atom is 0.343 e. The van der Waals surface area contributed by atoms with Gasteiger partial charge in [-0.25, -0.2) is 4.79 Å². The van der Waals surface area contributed by atoms with Gasteiger partial charge in [0.25, 0.3) is 0 Å². The number of ether oxygens (including phenoxy) is 1. The lowest BCUT2D eigenvalue weighted by atomic mass is 10.1. The van der Waals surface area contributed by atoms with E-state index in [4.69, 9.17) is 9.84 Å². The second-order valence-electron chi connectivity index (χ2n) is 3.63. The van der Waals surface area contributed by atoms with Gasteiger partial charge in [-0.3, -0.25) is 4.99 Å². The van der Waals surface area contributed by atoms with Crippen LogP contribution in [0.15, 0.2) is 16.3 Å². The summed E-state index contributed by atoms with van der Waals surface area (Å²) in [6.45, 7) is 3.35. The smallest absolute Gasteiger partial charge is 0.343 e. The molecule has 0 fully saturated rings. The summed E-state index contributed by atoms with van der Waals surface area (Å²) in [6, 6.07) is -0.168. The zero-order chi connectivity index (χ0) is 12.1. The number of esters is 1. The highest BCUT2D eigenvalue weighted by Gasteiger charge is 2.26. The van der Waals surface area contributed by atoms with Gasteiger partial charge in [-0.05, 0) is 26.7 Å². The van der Waals surface area contributed by atoms with Crippen LogP contribution in [0.4, 0.5) is 0 Å². The van der Waals surface area contributed by atoms with Gasteiger partial charge in [0.1, 0.15) is 11.3 Å². The van der Waals surface area contributed by atoms with Crippen molar-refractivity contribution in [3.63, 3.8) is 0 Å². The van der Waals surface area contributed by atoms with E-state index in [9.17, 15) is 9.90 Å². The van der Waals surface area contributed by atoms with Gasteiger partial charge in [-0.2, -0.15) is 0 Å². The van der Waals surface area contributed by atoms with Gasteiger partial charge in [0.2, 0.25) is 0 Å². The molecule has 5 nitrogen and oxygen atoms in total. The summed E-state index contributed by atoms with van der Waals surface area (Å²) in [6.07, 6.45) is 1.28. The highest BCUT2D eigenvalue weighted by molar-refractivity contribution is 6.20. The summed E-state index contributed by atoms with van der Waals surface area (Å²) in [5.41, 5.74) is 0.662. The van der Waals surface area contributed by atoms with Gasteiger partial charge in [0, 0.05) is 0 Å². The molecule has 5 heteroatoms. The minimum atomic E-state index is -0.556. The van der Waals surface area contributed by atoms with Gasteiger partial charge < -0.3 is 14.9 Å². The van der Waals surface area contributed by atoms with E-state index in [0.717, 1.165) is 0 Å². The van der Waals surface area contributed by atoms with Crippen LogP contribution in [0.1, 0.15) is 26.7 Å². The number of hydrogen-bond acceptors (Lipinski definition) is 5. The highest BCUT2D eigenvalue weighted by atomic mass is 16.5. The zero-order valence-corrected chi connectivity index (χ0v) is 9.56. The predicted molar refractivity (Wildman–Crippen MR) is 59.5 cm³/mol. The first kappa shape index (κ1) is 12.7. The molecule has 1 aliphatic rings. The highest BCUT2D eigenvalue weighted by Crippen LogP contribution is 2.20. The van der Waals surface area contributed by atoms with Crippen LogP contribution in [-0.4, -0.2) is 41.1 Å². The van der Waals surface area contributed by atoms with Crippen molar-refractivity contribution in [1.29, 1.82) is 0 Å². The lowest BCUT2D eigenvalue weighted by Gasteiger charge is -2.07. The van der Waals surface area contributed by atoms with Crippen LogP contribution in [0.25, 0.3) is 0 Å². The van der Waals surface area contributed by atoms with Crippen molar-refractivity contribution in [2.24, 2.45) is 4.99 Å². The van der Waals surface area contributed by atoms with Crippen molar-refractivity contribution in [2.75, 3.05) is 13.2 Å². The molecule has 1 unspecified atom stereocenters. The number of aliphatic hydroxyl groups is 2. The first-order chi connectivity index (χ1) is 7.60. The van der Waals surface area contributed by atoms with Crippen LogP contribution < -0.4 is 0 Å². The largest absolute Gasteiger partial charge is 0.512 e. The molecule has 0 saturated carbocycles. The lowest BCUT2D eigenvalue weighted by molar-refractivity contribution is -0.138. The van der Waals surface area contributed by atoms with E-state index in [1.807, 2.05) is 0 Å². The van der Waals surface area contributed by atoms with Crippen molar-refractivity contribution >= 4 is 11.7 Å². The molecule has 1 rings (SSSR count). The molecular weight excluding hydrogens is 210 g/mol. The molecule has 0 aromatic rings. The van der Waals surface area contributed by atoms with E-state index >= 15 is 0 Å². The van der Waals surface area contributed by atoms with E-state index in [2.05, 4.69) is 4.99 Å². The Morgan fingerprint density at radius 3 is 2.75 bits per heavy atom. The van der Waals surface area contributed by atoms with Gasteiger partial charge in [-0.15, -0.1) is 0 Å². The fourth-order valence-electron chi connectivity index (χ4n) is 1.65. The van der Waals surface area contributed by atoms with Crippen LogP contribution in [0, 0.1) is 0 Å². The Hall–Kier alpha value is -1.36. The van der Waals surface area contributed by atoms with E-state index in [-0.39, 0.29) is 30.6 Å². The van der Waals surface area contributed by atoms with E-state index in [1.54, 1.807) is 6.92 Å². The molecule has 90 valence electrons. The Morgan fingerprint density at radius 1 is 1.62 bits per heavy atom. The fraction of sp³-hybridized carbons (Fsp3) is 0.636. The third-order valence-corrected chi connectivity index (χ3v) is 2.39. The Bertz CT molecular complexity index is 329. The van der Waals surface area contributed by atoms with Gasteiger partial charge >= 0.3 is 5.97 Å². The van der Waals surface area contributed by atoms with E-state index < -0.39 is 5.97 Å². The summed E-state index contributed by atoms with van der Waals surface area (Å²) >= 11 is 0. The topological polar surface area (TPSA) is 79.1 Å². The second kappa shape index (κ2) is 5.65. The summed E-state index contributed by atoms with van der Waals surface area (Å²) in [7, 11) is 0. The van der Waals surface area contributed by atoms with Gasteiger partial charge in [0.05, 0.1) is 25.0 Å². The number of carbonyl (C=O) groups excluding carboxylic acids is 1. The summed E-state index contributed by atoms with van der Waals surface area (Å²) in [5.74, 6) is -0.643. The molecule has 0 spiro atoms. The standard InChI is InChI=1S/C11H17NO4/c1-3-16-11(15)10(7(2)14)9-5-4-8(6-13)12-9/h8,13-14H,3-6H2,1-2H3/b10-7+. The number of rotatable bonds is 4. The van der Waals surface area contributed by atoms with Gasteiger partial charge in [-0.1, -0.05) is 0 Å². The monoisotopic (exact) mass is 227 g/mol. The molecule has 1 heterocycles. The molecule has 0 radical (unpaired) electrons. The van der Waals surface area contributed by atoms with Crippen LogP contribution >= 0.6 is 0 Å². The summed E-state index contributed by atoms with van der Waals surface area (Å²) in [4.78, 5) is 15.8. The SMILES string of the molecule is CCOC(=O)/C(C1=NC(CO)CC1)=C(\C)O. The second-order valence-corrected chi connectivity index (χ2v) is 3.63. The van der Waals surface area contributed by atoms with Crippen molar-refractivity contribution in [1.82, 2.24) is 0 Å². The summed E-state index contributed by atoms with van der Waals surface area (Å²) in [5, 5.41) is 18.4. The Morgan fingerprint density at radius 2 is 2.31 bits per heavy atom. The molecule has 2 N–H and O–H groups in total. The maximum absolute atomic E-state index is 11.6. The van der Waals surface area contributed by atoms with Gasteiger partial charge in [0.15, 0.2) is 0 Å². The van der Waals surface area contributed by atoms with E-state index in [1.165, 1.54) is 6.92 Å². The minimum Gasteiger partial charge on any atom is -0.512 e. The lowest BCUT2D eigenvalue weighted by Crippen LogP contribution is -2.16. The van der Waals surface area contributed by atoms with Crippen molar-refractivity contribution in [3.8, 4) is 0 Å². The zero-order valence-electron chi connectivity index (χ0n) is 9.56. The molecule has 1 atom stereocenters. The Labute approximate surface area is 94.5 Å². The third kappa shape index (κ3) is 2.82. The molecule has 0 aromatic carbocycles. The number of allylic oxidation sites excluding steroid dienone is 1. The Kier molecular flexibility index (Phi) is 4.49. The average Bonchev–Trinajstić information content (AvgIpc) is 2.66. The van der Waals surface area contributed by atoms with Crippen molar-refractivity contribution in [2.45, 2.75) is 32.7 Å². The van der Waals surface area contributed by atoms with Crippen molar-refractivity contribution in [3.05, 3.63) is 11.3 Å². The molecule has 0 aliphatic carbocycles. The van der Waals surface area contributed by atoms with Crippen molar-refractivity contribution < 1.29 is 19.7 Å². The fourth-order valence-corrected chi connectivity index (χ4v) is 1.65. The number of aliphatic imine (C=N–C) groups is 1. The minimum absolute atomic E-state index is 0.0376. The predicted octanol–water partition coefficient (Wildman–Crippen LogP) is 0.977. The molecular formula is C11H17NO4. The molecule has 1 aliphatic heterocycles. The molecule has 0 aromatic heterocycles. The molecule has 16 heavy (non-hydrogen) atoms. The third-order valence-electron chi connectivity index (χ3n) is 2.39.